The van der Waals surface area contributed by atoms with Crippen LogP contribution in [0.2, 0.25) is 0 Å². The number of hydrogen-bond acceptors (Lipinski definition) is 5. The maximum atomic E-state index is 12.8. The average molecular weight is 318 g/mol. The van der Waals surface area contributed by atoms with E-state index in [1.54, 1.807) is 17.2 Å². The van der Waals surface area contributed by atoms with Crippen LogP contribution >= 0.6 is 0 Å². The lowest BCUT2D eigenvalue weighted by molar-refractivity contribution is -0.143. The van der Waals surface area contributed by atoms with Gasteiger partial charge in [-0.15, -0.1) is 0 Å². The number of rotatable bonds is 3. The number of aromatic nitrogens is 2. The number of nitrogens with zero attached hydrogens (tertiary/aromatic N) is 4. The molecule has 3 rings (SSSR count). The highest BCUT2D eigenvalue weighted by Gasteiger charge is 2.33. The van der Waals surface area contributed by atoms with Gasteiger partial charge in [0.2, 0.25) is 5.95 Å². The Labute approximate surface area is 135 Å². The van der Waals surface area contributed by atoms with Crippen LogP contribution in [0, 0.1) is 5.92 Å². The first-order valence-corrected chi connectivity index (χ1v) is 8.18. The summed E-state index contributed by atoms with van der Waals surface area (Å²) in [6, 6.07) is 1.64. The Morgan fingerprint density at radius 1 is 1.26 bits per heavy atom. The maximum absolute atomic E-state index is 12.8. The molecule has 124 valence electrons. The smallest absolute Gasteiger partial charge is 0.308 e. The molecule has 3 heterocycles. The van der Waals surface area contributed by atoms with Crippen molar-refractivity contribution in [1.29, 1.82) is 0 Å². The highest BCUT2D eigenvalue weighted by atomic mass is 16.4. The zero-order valence-corrected chi connectivity index (χ0v) is 13.3. The largest absolute Gasteiger partial charge is 0.481 e. The molecule has 0 radical (unpaired) electrons. The number of aliphatic carboxylic acids is 1. The van der Waals surface area contributed by atoms with Crippen molar-refractivity contribution in [2.75, 3.05) is 24.5 Å². The van der Waals surface area contributed by atoms with E-state index >= 15 is 0 Å². The Morgan fingerprint density at radius 2 is 2.00 bits per heavy atom. The lowest BCUT2D eigenvalue weighted by atomic mass is 9.93. The van der Waals surface area contributed by atoms with E-state index in [4.69, 9.17) is 0 Å². The summed E-state index contributed by atoms with van der Waals surface area (Å²) in [5.74, 6) is -0.940. The Kier molecular flexibility index (Phi) is 4.45. The topological polar surface area (TPSA) is 86.6 Å². The fourth-order valence-corrected chi connectivity index (χ4v) is 3.28. The van der Waals surface area contributed by atoms with Crippen LogP contribution in [0.15, 0.2) is 12.3 Å². The number of carbonyl (C=O) groups is 2. The van der Waals surface area contributed by atoms with Crippen LogP contribution in [-0.2, 0) is 4.79 Å². The van der Waals surface area contributed by atoms with E-state index in [1.807, 2.05) is 6.92 Å². The van der Waals surface area contributed by atoms with E-state index in [0.29, 0.717) is 24.5 Å². The molecule has 7 nitrogen and oxygen atoms in total. The van der Waals surface area contributed by atoms with Crippen molar-refractivity contribution in [3.05, 3.63) is 18.0 Å². The van der Waals surface area contributed by atoms with Crippen molar-refractivity contribution in [2.45, 2.75) is 38.6 Å². The van der Waals surface area contributed by atoms with E-state index < -0.39 is 11.9 Å². The fraction of sp³-hybridized carbons (Fsp3) is 0.625. The van der Waals surface area contributed by atoms with Crippen LogP contribution in [-0.4, -0.2) is 57.5 Å². The first-order valence-electron chi connectivity index (χ1n) is 8.18. The summed E-state index contributed by atoms with van der Waals surface area (Å²) in [5.41, 5.74) is 0.347. The highest BCUT2D eigenvalue weighted by molar-refractivity contribution is 5.93. The molecule has 0 bridgehead atoms. The predicted octanol–water partition coefficient (Wildman–Crippen LogP) is 1.40. The number of anilines is 1. The van der Waals surface area contributed by atoms with Crippen molar-refractivity contribution in [3.8, 4) is 0 Å². The Balaban J connectivity index is 1.78. The first-order chi connectivity index (χ1) is 11.1. The zero-order chi connectivity index (χ0) is 16.4. The maximum Gasteiger partial charge on any atom is 0.308 e. The number of piperidine rings is 1. The highest BCUT2D eigenvalue weighted by Crippen LogP contribution is 2.24. The molecule has 7 heteroatoms. The fourth-order valence-electron chi connectivity index (χ4n) is 3.28. The van der Waals surface area contributed by atoms with Crippen molar-refractivity contribution in [1.82, 2.24) is 14.9 Å². The quantitative estimate of drug-likeness (QED) is 0.906. The van der Waals surface area contributed by atoms with Gasteiger partial charge in [0.1, 0.15) is 5.69 Å². The molecule has 1 N–H and O–H groups in total. The summed E-state index contributed by atoms with van der Waals surface area (Å²) in [5, 5.41) is 9.21. The van der Waals surface area contributed by atoms with Gasteiger partial charge < -0.3 is 14.9 Å². The van der Waals surface area contributed by atoms with Crippen LogP contribution in [0.4, 0.5) is 5.95 Å². The molecule has 0 spiro atoms. The second kappa shape index (κ2) is 6.52. The number of amides is 1. The van der Waals surface area contributed by atoms with Crippen molar-refractivity contribution in [3.63, 3.8) is 0 Å². The normalized spacial score (nSPS) is 24.7. The molecular formula is C16H22N4O3. The minimum Gasteiger partial charge on any atom is -0.481 e. The Morgan fingerprint density at radius 3 is 2.70 bits per heavy atom. The summed E-state index contributed by atoms with van der Waals surface area (Å²) >= 11 is 0. The SMILES string of the molecule is CC1CCC(C(=O)O)CN1C(=O)c1ccnc(N2CCCC2)n1. The molecule has 1 aromatic rings. The second-order valence-electron chi connectivity index (χ2n) is 6.36. The van der Waals surface area contributed by atoms with Crippen molar-refractivity contribution < 1.29 is 14.7 Å². The van der Waals surface area contributed by atoms with Crippen LogP contribution < -0.4 is 4.90 Å². The van der Waals surface area contributed by atoms with Gasteiger partial charge in [-0.2, -0.15) is 0 Å². The van der Waals surface area contributed by atoms with E-state index in [1.165, 1.54) is 0 Å². The molecule has 0 aromatic carbocycles. The van der Waals surface area contributed by atoms with E-state index in [-0.39, 0.29) is 18.5 Å². The second-order valence-corrected chi connectivity index (χ2v) is 6.36. The van der Waals surface area contributed by atoms with E-state index in [2.05, 4.69) is 14.9 Å². The van der Waals surface area contributed by atoms with Gasteiger partial charge >= 0.3 is 5.97 Å². The summed E-state index contributed by atoms with van der Waals surface area (Å²) in [7, 11) is 0. The molecule has 23 heavy (non-hydrogen) atoms. The summed E-state index contributed by atoms with van der Waals surface area (Å²) in [6.07, 6.45) is 5.16. The van der Waals surface area contributed by atoms with Gasteiger partial charge in [0, 0.05) is 31.9 Å². The lowest BCUT2D eigenvalue weighted by Gasteiger charge is -2.36. The number of carbonyl (C=O) groups excluding carboxylic acids is 1. The third kappa shape index (κ3) is 3.28. The molecule has 1 aromatic heterocycles. The zero-order valence-electron chi connectivity index (χ0n) is 13.3. The van der Waals surface area contributed by atoms with Crippen LogP contribution in [0.5, 0.6) is 0 Å². The molecule has 2 atom stereocenters. The Hall–Kier alpha value is -2.18. The minimum atomic E-state index is -0.838. The van der Waals surface area contributed by atoms with Gasteiger partial charge in [-0.25, -0.2) is 9.97 Å². The van der Waals surface area contributed by atoms with Gasteiger partial charge in [-0.1, -0.05) is 0 Å². The average Bonchev–Trinajstić information content (AvgIpc) is 3.09. The molecule has 2 saturated heterocycles. The summed E-state index contributed by atoms with van der Waals surface area (Å²) in [6.45, 7) is 4.04. The van der Waals surface area contributed by atoms with Crippen LogP contribution in [0.3, 0.4) is 0 Å². The molecule has 2 unspecified atom stereocenters. The van der Waals surface area contributed by atoms with Crippen molar-refractivity contribution in [2.24, 2.45) is 5.92 Å². The number of carboxylic acid groups (broad SMARTS) is 1. The van der Waals surface area contributed by atoms with Crippen LogP contribution in [0.1, 0.15) is 43.1 Å². The number of carboxylic acids is 1. The molecule has 1 amide bonds. The first kappa shape index (κ1) is 15.7. The molecule has 2 fully saturated rings. The predicted molar refractivity (Wildman–Crippen MR) is 84.3 cm³/mol. The van der Waals surface area contributed by atoms with Gasteiger partial charge in [0.15, 0.2) is 0 Å². The third-order valence-corrected chi connectivity index (χ3v) is 4.74. The molecule has 0 aliphatic carbocycles. The van der Waals surface area contributed by atoms with Gasteiger partial charge in [-0.05, 0) is 38.7 Å². The number of likely N-dealkylation sites (tertiary alicyclic amines) is 1. The number of hydrogen-bond donors (Lipinski definition) is 1. The third-order valence-electron chi connectivity index (χ3n) is 4.74. The van der Waals surface area contributed by atoms with Gasteiger partial charge in [0.05, 0.1) is 5.92 Å². The molecule has 0 saturated carbocycles. The minimum absolute atomic E-state index is 0.0308. The monoisotopic (exact) mass is 318 g/mol. The standard InChI is InChI=1S/C16H22N4O3/c1-11-4-5-12(15(22)23)10-20(11)14(21)13-6-7-17-16(18-13)19-8-2-3-9-19/h6-7,11-12H,2-5,8-10H2,1H3,(H,22,23). The summed E-state index contributed by atoms with van der Waals surface area (Å²) in [4.78, 5) is 36.4. The van der Waals surface area contributed by atoms with Crippen molar-refractivity contribution >= 4 is 17.8 Å². The molecule has 2 aliphatic rings. The van der Waals surface area contributed by atoms with Crippen LogP contribution in [0.25, 0.3) is 0 Å². The van der Waals surface area contributed by atoms with E-state index in [9.17, 15) is 14.7 Å². The van der Waals surface area contributed by atoms with Gasteiger partial charge in [-0.3, -0.25) is 9.59 Å². The molecule has 2 aliphatic heterocycles. The Bertz CT molecular complexity index is 601. The van der Waals surface area contributed by atoms with Gasteiger partial charge in [0.25, 0.3) is 5.91 Å². The molecular weight excluding hydrogens is 296 g/mol. The van der Waals surface area contributed by atoms with E-state index in [0.717, 1.165) is 25.9 Å². The summed E-state index contributed by atoms with van der Waals surface area (Å²) < 4.78 is 0. The lowest BCUT2D eigenvalue weighted by Crippen LogP contribution is -2.47.